The van der Waals surface area contributed by atoms with Gasteiger partial charge >= 0.3 is 0 Å². The van der Waals surface area contributed by atoms with E-state index in [2.05, 4.69) is 35.8 Å². The van der Waals surface area contributed by atoms with Gasteiger partial charge in [0.2, 0.25) is 5.89 Å². The van der Waals surface area contributed by atoms with E-state index in [9.17, 15) is 0 Å². The Bertz CT molecular complexity index is 374. The van der Waals surface area contributed by atoms with Gasteiger partial charge in [-0.3, -0.25) is 4.90 Å². The molecule has 2 N–H and O–H groups in total. The minimum absolute atomic E-state index is 0. The van der Waals surface area contributed by atoms with Crippen LogP contribution in [0.1, 0.15) is 45.3 Å². The zero-order valence-electron chi connectivity index (χ0n) is 11.3. The van der Waals surface area contributed by atoms with Gasteiger partial charge in [-0.25, -0.2) is 0 Å². The molecule has 0 aromatic carbocycles. The van der Waals surface area contributed by atoms with E-state index in [4.69, 9.17) is 10.3 Å². The first kappa shape index (κ1) is 15.4. The van der Waals surface area contributed by atoms with Gasteiger partial charge in [-0.05, 0) is 19.4 Å². The van der Waals surface area contributed by atoms with E-state index in [0.717, 1.165) is 18.9 Å². The monoisotopic (exact) mass is 274 g/mol. The lowest BCUT2D eigenvalue weighted by molar-refractivity contribution is 0.214. The molecule has 1 aromatic heterocycles. The van der Waals surface area contributed by atoms with Crippen molar-refractivity contribution in [3.8, 4) is 0 Å². The van der Waals surface area contributed by atoms with Gasteiger partial charge in [0.05, 0.1) is 6.54 Å². The molecule has 2 rings (SSSR count). The highest BCUT2D eigenvalue weighted by molar-refractivity contribution is 5.85. The van der Waals surface area contributed by atoms with Crippen LogP contribution < -0.4 is 5.73 Å². The Labute approximate surface area is 115 Å². The van der Waals surface area contributed by atoms with E-state index in [1.807, 2.05) is 0 Å². The lowest BCUT2D eigenvalue weighted by atomic mass is 9.96. The first-order valence-corrected chi connectivity index (χ1v) is 6.28. The Kier molecular flexibility index (Phi) is 5.13. The average molecular weight is 275 g/mol. The molecule has 0 saturated carbocycles. The number of likely N-dealkylation sites (tertiary alicyclic amines) is 1. The molecule has 6 heteroatoms. The quantitative estimate of drug-likeness (QED) is 0.909. The van der Waals surface area contributed by atoms with Crippen LogP contribution in [0.2, 0.25) is 0 Å². The van der Waals surface area contributed by atoms with Crippen LogP contribution in [0.3, 0.4) is 0 Å². The van der Waals surface area contributed by atoms with E-state index >= 15 is 0 Å². The molecule has 2 heterocycles. The highest BCUT2D eigenvalue weighted by atomic mass is 35.5. The van der Waals surface area contributed by atoms with Crippen LogP contribution in [0.5, 0.6) is 0 Å². The highest BCUT2D eigenvalue weighted by Crippen LogP contribution is 2.21. The van der Waals surface area contributed by atoms with E-state index in [1.54, 1.807) is 0 Å². The molecule has 1 aliphatic rings. The molecule has 1 fully saturated rings. The van der Waals surface area contributed by atoms with Crippen LogP contribution in [0.4, 0.5) is 0 Å². The number of nitrogens with zero attached hydrogens (tertiary/aromatic N) is 3. The van der Waals surface area contributed by atoms with Crippen LogP contribution in [0, 0.1) is 0 Å². The van der Waals surface area contributed by atoms with Crippen molar-refractivity contribution in [1.82, 2.24) is 15.0 Å². The van der Waals surface area contributed by atoms with Gasteiger partial charge in [-0.2, -0.15) is 4.98 Å². The Hall–Kier alpha value is -0.650. The number of rotatable bonds is 3. The maximum Gasteiger partial charge on any atom is 0.240 e. The molecule has 1 aliphatic heterocycles. The second-order valence-electron chi connectivity index (χ2n) is 5.76. The van der Waals surface area contributed by atoms with Gasteiger partial charge in [0, 0.05) is 18.0 Å². The highest BCUT2D eigenvalue weighted by Gasteiger charge is 2.26. The normalized spacial score (nSPS) is 21.0. The number of hydrogen-bond acceptors (Lipinski definition) is 5. The fourth-order valence-corrected chi connectivity index (χ4v) is 2.17. The van der Waals surface area contributed by atoms with Crippen molar-refractivity contribution in [2.45, 2.75) is 51.6 Å². The summed E-state index contributed by atoms with van der Waals surface area (Å²) in [6.07, 6.45) is 2.39. The van der Waals surface area contributed by atoms with E-state index in [0.29, 0.717) is 18.5 Å². The second-order valence-corrected chi connectivity index (χ2v) is 5.76. The lowest BCUT2D eigenvalue weighted by Gasteiger charge is -2.20. The number of nitrogens with two attached hydrogens (primary N) is 1. The molecular formula is C12H23ClN4O. The third-order valence-corrected chi connectivity index (χ3v) is 3.25. The van der Waals surface area contributed by atoms with Crippen molar-refractivity contribution in [3.05, 3.63) is 11.7 Å². The zero-order chi connectivity index (χ0) is 12.5. The standard InChI is InChI=1S/C12H22N4O.ClH/c1-12(2,3)11-14-10(17-15-11)8-16-6-4-5-9(16)7-13;/h9H,4-8,13H2,1-3H3;1H. The molecule has 0 radical (unpaired) electrons. The number of hydrogen-bond donors (Lipinski definition) is 1. The lowest BCUT2D eigenvalue weighted by Crippen LogP contribution is -2.34. The van der Waals surface area contributed by atoms with Crippen LogP contribution >= 0.6 is 12.4 Å². The fraction of sp³-hybridized carbons (Fsp3) is 0.833. The minimum atomic E-state index is -0.0555. The second kappa shape index (κ2) is 5.99. The zero-order valence-corrected chi connectivity index (χ0v) is 12.2. The van der Waals surface area contributed by atoms with Crippen LogP contribution in [-0.2, 0) is 12.0 Å². The molecule has 1 aromatic rings. The SMILES string of the molecule is CC(C)(C)c1noc(CN2CCCC2CN)n1.Cl. The van der Waals surface area contributed by atoms with Crippen LogP contribution in [0.25, 0.3) is 0 Å². The molecular weight excluding hydrogens is 252 g/mol. The molecule has 18 heavy (non-hydrogen) atoms. The Morgan fingerprint density at radius 1 is 1.44 bits per heavy atom. The maximum atomic E-state index is 5.74. The third-order valence-electron chi connectivity index (χ3n) is 3.25. The van der Waals surface area contributed by atoms with Gasteiger partial charge in [0.15, 0.2) is 5.82 Å². The van der Waals surface area contributed by atoms with Crippen LogP contribution in [-0.4, -0.2) is 34.2 Å². The molecule has 104 valence electrons. The third kappa shape index (κ3) is 3.43. The summed E-state index contributed by atoms with van der Waals surface area (Å²) in [4.78, 5) is 6.79. The van der Waals surface area contributed by atoms with Gasteiger partial charge in [-0.1, -0.05) is 25.9 Å². The minimum Gasteiger partial charge on any atom is -0.338 e. The molecule has 1 atom stereocenters. The Morgan fingerprint density at radius 3 is 2.72 bits per heavy atom. The van der Waals surface area contributed by atoms with E-state index in [-0.39, 0.29) is 17.8 Å². The van der Waals surface area contributed by atoms with E-state index in [1.165, 1.54) is 12.8 Å². The molecule has 0 bridgehead atoms. The summed E-state index contributed by atoms with van der Waals surface area (Å²) in [5.41, 5.74) is 5.69. The number of halogens is 1. The fourth-order valence-electron chi connectivity index (χ4n) is 2.17. The van der Waals surface area contributed by atoms with Gasteiger partial charge in [0.1, 0.15) is 0 Å². The van der Waals surface area contributed by atoms with Gasteiger partial charge < -0.3 is 10.3 Å². The summed E-state index contributed by atoms with van der Waals surface area (Å²) in [7, 11) is 0. The van der Waals surface area contributed by atoms with Gasteiger partial charge in [-0.15, -0.1) is 12.4 Å². The van der Waals surface area contributed by atoms with Gasteiger partial charge in [0.25, 0.3) is 0 Å². The van der Waals surface area contributed by atoms with E-state index < -0.39 is 0 Å². The number of aromatic nitrogens is 2. The molecule has 0 amide bonds. The molecule has 1 unspecified atom stereocenters. The van der Waals surface area contributed by atoms with Crippen molar-refractivity contribution in [2.24, 2.45) is 5.73 Å². The predicted molar refractivity (Wildman–Crippen MR) is 72.7 cm³/mol. The molecule has 0 spiro atoms. The van der Waals surface area contributed by atoms with Crippen molar-refractivity contribution < 1.29 is 4.52 Å². The van der Waals surface area contributed by atoms with Crippen molar-refractivity contribution in [1.29, 1.82) is 0 Å². The van der Waals surface area contributed by atoms with Crippen molar-refractivity contribution in [2.75, 3.05) is 13.1 Å². The summed E-state index contributed by atoms with van der Waals surface area (Å²) < 4.78 is 5.30. The van der Waals surface area contributed by atoms with Crippen LogP contribution in [0.15, 0.2) is 4.52 Å². The summed E-state index contributed by atoms with van der Waals surface area (Å²) in [6, 6.07) is 0.472. The van der Waals surface area contributed by atoms with Crippen molar-refractivity contribution in [3.63, 3.8) is 0 Å². The molecule has 0 aliphatic carbocycles. The predicted octanol–water partition coefficient (Wildman–Crippen LogP) is 1.71. The summed E-state index contributed by atoms with van der Waals surface area (Å²) in [5, 5.41) is 4.04. The first-order valence-electron chi connectivity index (χ1n) is 6.28. The maximum absolute atomic E-state index is 5.74. The Morgan fingerprint density at radius 2 is 2.17 bits per heavy atom. The largest absolute Gasteiger partial charge is 0.338 e. The van der Waals surface area contributed by atoms with Crippen molar-refractivity contribution >= 4 is 12.4 Å². The average Bonchev–Trinajstić information content (AvgIpc) is 2.86. The first-order chi connectivity index (χ1) is 8.00. The Balaban J connectivity index is 0.00000162. The summed E-state index contributed by atoms with van der Waals surface area (Å²) in [6.45, 7) is 8.76. The topological polar surface area (TPSA) is 68.2 Å². The summed E-state index contributed by atoms with van der Waals surface area (Å²) >= 11 is 0. The molecule has 1 saturated heterocycles. The summed E-state index contributed by atoms with van der Waals surface area (Å²) in [5.74, 6) is 1.48. The molecule has 5 nitrogen and oxygen atoms in total. The smallest absolute Gasteiger partial charge is 0.240 e.